The van der Waals surface area contributed by atoms with Crippen LogP contribution in [0, 0.1) is 0 Å². The quantitative estimate of drug-likeness (QED) is 0.160. The van der Waals surface area contributed by atoms with Gasteiger partial charge in [0.2, 0.25) is 0 Å². The van der Waals surface area contributed by atoms with Crippen LogP contribution in [0.4, 0.5) is 34.1 Å². The fourth-order valence-corrected chi connectivity index (χ4v) is 10.3. The zero-order chi connectivity index (χ0) is 43.2. The maximum atomic E-state index is 5.59. The van der Waals surface area contributed by atoms with E-state index in [1.807, 2.05) is 0 Å². The zero-order valence-electron chi connectivity index (χ0n) is 36.4. The first-order chi connectivity index (χ1) is 31.2. The molecule has 0 atom stereocenters. The first-order valence-electron chi connectivity index (χ1n) is 22.2. The van der Waals surface area contributed by atoms with Crippen LogP contribution in [0.15, 0.2) is 206 Å². The molecule has 64 heavy (non-hydrogen) atoms. The average Bonchev–Trinajstić information content (AvgIpc) is 3.70. The van der Waals surface area contributed by atoms with Crippen LogP contribution in [0.3, 0.4) is 0 Å². The number of nitrogens with zero attached hydrogens (tertiary/aromatic N) is 4. The predicted octanol–water partition coefficient (Wildman–Crippen LogP) is 16.0. The lowest BCUT2D eigenvalue weighted by Gasteiger charge is -2.28. The largest absolute Gasteiger partial charge is 0.310 e. The summed E-state index contributed by atoms with van der Waals surface area (Å²) in [6, 6.07) is 74.6. The van der Waals surface area contributed by atoms with Gasteiger partial charge in [0, 0.05) is 56.1 Å². The van der Waals surface area contributed by atoms with Gasteiger partial charge in [-0.2, -0.15) is 0 Å². The van der Waals surface area contributed by atoms with Crippen molar-refractivity contribution in [2.75, 3.05) is 9.80 Å². The number of anilines is 6. The Hall–Kier alpha value is -7.82. The molecule has 0 saturated carbocycles. The van der Waals surface area contributed by atoms with E-state index in [0.29, 0.717) is 0 Å². The standard InChI is InChI=1S/C60H46N4/c1-59(2)53-37-44(41-23-28-47(29-24-41)63(45-19-7-5-8-20-45)48-30-25-39-15-11-13-17-42(39)35-48)27-33-51(53)55-57(59)62-56-52-34-32-50(38-54(52)60(3,4)58(56)61-55)64(46-21-9-6-10-22-46)49-31-26-40-16-12-14-18-43(40)36-49/h5-38H,1-4H3. The summed E-state index contributed by atoms with van der Waals surface area (Å²) in [5, 5.41) is 4.90. The molecule has 0 N–H and O–H groups in total. The molecule has 306 valence electrons. The fraction of sp³-hybridized carbons (Fsp3) is 0.100. The van der Waals surface area contributed by atoms with Gasteiger partial charge < -0.3 is 9.80 Å². The van der Waals surface area contributed by atoms with Gasteiger partial charge in [0.25, 0.3) is 0 Å². The van der Waals surface area contributed by atoms with E-state index in [9.17, 15) is 0 Å². The van der Waals surface area contributed by atoms with Crippen molar-refractivity contribution >= 4 is 55.7 Å². The highest BCUT2D eigenvalue weighted by Gasteiger charge is 2.45. The van der Waals surface area contributed by atoms with Crippen LogP contribution in [0.1, 0.15) is 50.2 Å². The van der Waals surface area contributed by atoms with Gasteiger partial charge in [-0.3, -0.25) is 0 Å². The van der Waals surface area contributed by atoms with Gasteiger partial charge >= 0.3 is 0 Å². The minimum absolute atomic E-state index is 0.337. The second-order valence-corrected chi connectivity index (χ2v) is 18.3. The Kier molecular flexibility index (Phi) is 8.51. The van der Waals surface area contributed by atoms with E-state index in [1.165, 1.54) is 49.4 Å². The lowest BCUT2D eigenvalue weighted by Crippen LogP contribution is -2.20. The summed E-state index contributed by atoms with van der Waals surface area (Å²) in [5.74, 6) is 0. The third-order valence-corrected chi connectivity index (χ3v) is 13.7. The maximum Gasteiger partial charge on any atom is 0.0933 e. The molecule has 1 aromatic heterocycles. The van der Waals surface area contributed by atoms with Crippen LogP contribution < -0.4 is 9.80 Å². The summed E-state index contributed by atoms with van der Waals surface area (Å²) in [7, 11) is 0. The van der Waals surface area contributed by atoms with Gasteiger partial charge in [-0.1, -0.05) is 155 Å². The first-order valence-corrected chi connectivity index (χ1v) is 22.2. The van der Waals surface area contributed by atoms with E-state index < -0.39 is 0 Å². The van der Waals surface area contributed by atoms with Crippen molar-refractivity contribution in [2.45, 2.75) is 38.5 Å². The van der Waals surface area contributed by atoms with Crippen molar-refractivity contribution in [2.24, 2.45) is 0 Å². The summed E-state index contributed by atoms with van der Waals surface area (Å²) in [5.41, 5.74) is 17.3. The summed E-state index contributed by atoms with van der Waals surface area (Å²) < 4.78 is 0. The SMILES string of the molecule is CC1(C)c2cc(-c3ccc(N(c4ccccc4)c4ccc5ccccc5c4)cc3)ccc2-c2nc3c(nc21)-c1ccc(N(c2ccccc2)c2ccc4ccccc4c2)cc1C3(C)C. The predicted molar refractivity (Wildman–Crippen MR) is 267 cm³/mol. The Bertz CT molecular complexity index is 3440. The molecule has 1 heterocycles. The molecule has 4 nitrogen and oxygen atoms in total. The van der Waals surface area contributed by atoms with Gasteiger partial charge in [0.05, 0.1) is 22.8 Å². The summed E-state index contributed by atoms with van der Waals surface area (Å²) in [6.07, 6.45) is 0. The third kappa shape index (κ3) is 5.97. The van der Waals surface area contributed by atoms with Crippen LogP contribution in [0.25, 0.3) is 55.2 Å². The summed E-state index contributed by atoms with van der Waals surface area (Å²) in [4.78, 5) is 15.9. The van der Waals surface area contributed by atoms with E-state index in [4.69, 9.17) is 9.97 Å². The molecule has 0 amide bonds. The monoisotopic (exact) mass is 822 g/mol. The highest BCUT2D eigenvalue weighted by atomic mass is 15.1. The van der Waals surface area contributed by atoms with Crippen molar-refractivity contribution in [3.63, 3.8) is 0 Å². The lowest BCUT2D eigenvalue weighted by atomic mass is 9.84. The highest BCUT2D eigenvalue weighted by molar-refractivity contribution is 5.92. The molecule has 10 aromatic rings. The number of hydrogen-bond acceptors (Lipinski definition) is 4. The number of benzene rings is 9. The summed E-state index contributed by atoms with van der Waals surface area (Å²) in [6.45, 7) is 9.22. The molecule has 0 spiro atoms. The topological polar surface area (TPSA) is 32.3 Å². The van der Waals surface area contributed by atoms with Crippen LogP contribution in [0.5, 0.6) is 0 Å². The van der Waals surface area contributed by atoms with Crippen LogP contribution in [-0.4, -0.2) is 9.97 Å². The molecule has 9 aromatic carbocycles. The summed E-state index contributed by atoms with van der Waals surface area (Å²) >= 11 is 0. The molecule has 0 bridgehead atoms. The molecule has 2 aliphatic rings. The normalized spacial score (nSPS) is 13.9. The fourth-order valence-electron chi connectivity index (χ4n) is 10.3. The van der Waals surface area contributed by atoms with E-state index in [-0.39, 0.29) is 10.8 Å². The Morgan fingerprint density at radius 1 is 0.312 bits per heavy atom. The minimum atomic E-state index is -0.358. The minimum Gasteiger partial charge on any atom is -0.310 e. The molecule has 0 unspecified atom stereocenters. The Balaban J connectivity index is 0.888. The molecule has 0 radical (unpaired) electrons. The Labute approximate surface area is 374 Å². The zero-order valence-corrected chi connectivity index (χ0v) is 36.4. The van der Waals surface area contributed by atoms with Gasteiger partial charge in [-0.15, -0.1) is 0 Å². The molecule has 0 fully saturated rings. The highest BCUT2D eigenvalue weighted by Crippen LogP contribution is 2.54. The number of fused-ring (bicyclic) bond motifs is 8. The van der Waals surface area contributed by atoms with Crippen molar-refractivity contribution < 1.29 is 0 Å². The lowest BCUT2D eigenvalue weighted by molar-refractivity contribution is 0.617. The molecule has 0 saturated heterocycles. The molecule has 4 heteroatoms. The number of para-hydroxylation sites is 2. The van der Waals surface area contributed by atoms with Gasteiger partial charge in [-0.25, -0.2) is 9.97 Å². The number of rotatable bonds is 7. The number of hydrogen-bond donors (Lipinski definition) is 0. The Morgan fingerprint density at radius 3 is 1.22 bits per heavy atom. The molecular formula is C60H46N4. The van der Waals surface area contributed by atoms with Crippen molar-refractivity contribution in [1.82, 2.24) is 9.97 Å². The van der Waals surface area contributed by atoms with E-state index in [2.05, 4.69) is 244 Å². The molecule has 0 aliphatic heterocycles. The Morgan fingerprint density at radius 2 is 0.688 bits per heavy atom. The first kappa shape index (κ1) is 37.9. The van der Waals surface area contributed by atoms with Crippen LogP contribution in [-0.2, 0) is 10.8 Å². The second-order valence-electron chi connectivity index (χ2n) is 18.3. The number of aromatic nitrogens is 2. The van der Waals surface area contributed by atoms with E-state index >= 15 is 0 Å². The molecular weight excluding hydrogens is 777 g/mol. The molecule has 2 aliphatic carbocycles. The van der Waals surface area contributed by atoms with Crippen molar-refractivity contribution in [1.29, 1.82) is 0 Å². The van der Waals surface area contributed by atoms with E-state index in [1.54, 1.807) is 0 Å². The molecule has 12 rings (SSSR count). The smallest absolute Gasteiger partial charge is 0.0933 e. The average molecular weight is 823 g/mol. The van der Waals surface area contributed by atoms with Crippen LogP contribution in [0.2, 0.25) is 0 Å². The second kappa shape index (κ2) is 14.4. The van der Waals surface area contributed by atoms with E-state index in [0.717, 1.165) is 62.5 Å². The van der Waals surface area contributed by atoms with Crippen molar-refractivity contribution in [3.05, 3.63) is 229 Å². The van der Waals surface area contributed by atoms with Crippen LogP contribution >= 0.6 is 0 Å². The maximum absolute atomic E-state index is 5.59. The third-order valence-electron chi connectivity index (χ3n) is 13.7. The van der Waals surface area contributed by atoms with Gasteiger partial charge in [0.1, 0.15) is 0 Å². The van der Waals surface area contributed by atoms with Gasteiger partial charge in [-0.05, 0) is 123 Å². The van der Waals surface area contributed by atoms with Crippen molar-refractivity contribution in [3.8, 4) is 33.6 Å². The van der Waals surface area contributed by atoms with Gasteiger partial charge in [0.15, 0.2) is 0 Å².